The third kappa shape index (κ3) is 4.54. The summed E-state index contributed by atoms with van der Waals surface area (Å²) >= 11 is 0. The number of aryl methyl sites for hydroxylation is 1. The molecule has 132 valence electrons. The van der Waals surface area contributed by atoms with Crippen molar-refractivity contribution in [1.82, 2.24) is 19.8 Å². The molecule has 1 aliphatic rings. The SMILES string of the molecule is Cc1[nH]cnc1C(=O)N1CCCN(CC=Cc2ccc(F)cc2)CC1. The first-order valence-electron chi connectivity index (χ1n) is 8.57. The number of H-pyrrole nitrogens is 1. The zero-order chi connectivity index (χ0) is 17.6. The molecule has 1 N–H and O–H groups in total. The molecule has 1 saturated heterocycles. The van der Waals surface area contributed by atoms with Crippen molar-refractivity contribution in [3.05, 3.63) is 59.4 Å². The van der Waals surface area contributed by atoms with Crippen LogP contribution in [0.5, 0.6) is 0 Å². The van der Waals surface area contributed by atoms with Crippen LogP contribution in [0.3, 0.4) is 0 Å². The van der Waals surface area contributed by atoms with Gasteiger partial charge in [0.1, 0.15) is 11.5 Å². The van der Waals surface area contributed by atoms with Gasteiger partial charge >= 0.3 is 0 Å². The van der Waals surface area contributed by atoms with Crippen LogP contribution in [-0.4, -0.2) is 58.4 Å². The molecule has 0 aliphatic carbocycles. The lowest BCUT2D eigenvalue weighted by molar-refractivity contribution is 0.0756. The lowest BCUT2D eigenvalue weighted by atomic mass is 10.2. The minimum atomic E-state index is -0.221. The van der Waals surface area contributed by atoms with Crippen molar-refractivity contribution in [2.45, 2.75) is 13.3 Å². The molecular formula is C19H23FN4O. The van der Waals surface area contributed by atoms with E-state index in [-0.39, 0.29) is 11.7 Å². The second-order valence-corrected chi connectivity index (χ2v) is 6.28. The molecule has 0 unspecified atom stereocenters. The van der Waals surface area contributed by atoms with Gasteiger partial charge in [-0.15, -0.1) is 0 Å². The Kier molecular flexibility index (Phi) is 5.60. The maximum Gasteiger partial charge on any atom is 0.274 e. The van der Waals surface area contributed by atoms with Gasteiger partial charge in [-0.25, -0.2) is 9.37 Å². The number of benzene rings is 1. The minimum absolute atomic E-state index is 0.00227. The van der Waals surface area contributed by atoms with E-state index >= 15 is 0 Å². The summed E-state index contributed by atoms with van der Waals surface area (Å²) in [5.74, 6) is -0.218. The van der Waals surface area contributed by atoms with Crippen molar-refractivity contribution >= 4 is 12.0 Å². The summed E-state index contributed by atoms with van der Waals surface area (Å²) in [4.78, 5) is 23.8. The molecule has 1 aromatic heterocycles. The van der Waals surface area contributed by atoms with Gasteiger partial charge in [-0.05, 0) is 31.0 Å². The zero-order valence-electron chi connectivity index (χ0n) is 14.4. The first kappa shape index (κ1) is 17.4. The van der Waals surface area contributed by atoms with Crippen LogP contribution in [0.25, 0.3) is 6.08 Å². The number of aromatic amines is 1. The summed E-state index contributed by atoms with van der Waals surface area (Å²) in [5, 5.41) is 0. The molecule has 2 heterocycles. The van der Waals surface area contributed by atoms with Gasteiger partial charge in [-0.2, -0.15) is 0 Å². The van der Waals surface area contributed by atoms with Gasteiger partial charge in [-0.1, -0.05) is 24.3 Å². The van der Waals surface area contributed by atoms with E-state index in [0.717, 1.165) is 43.9 Å². The number of nitrogens with one attached hydrogen (secondary N) is 1. The number of amides is 1. The monoisotopic (exact) mass is 342 g/mol. The average Bonchev–Trinajstić information content (AvgIpc) is 2.90. The zero-order valence-corrected chi connectivity index (χ0v) is 14.4. The Bertz CT molecular complexity index is 738. The number of aromatic nitrogens is 2. The van der Waals surface area contributed by atoms with Crippen LogP contribution in [-0.2, 0) is 0 Å². The van der Waals surface area contributed by atoms with Crippen molar-refractivity contribution < 1.29 is 9.18 Å². The Morgan fingerprint density at radius 2 is 2.04 bits per heavy atom. The predicted octanol–water partition coefficient (Wildman–Crippen LogP) is 2.72. The Labute approximate surface area is 147 Å². The van der Waals surface area contributed by atoms with Crippen molar-refractivity contribution in [2.75, 3.05) is 32.7 Å². The Balaban J connectivity index is 1.52. The van der Waals surface area contributed by atoms with E-state index in [1.807, 2.05) is 17.9 Å². The van der Waals surface area contributed by atoms with Crippen LogP contribution in [0.15, 0.2) is 36.7 Å². The number of nitrogens with zero attached hydrogens (tertiary/aromatic N) is 3. The summed E-state index contributed by atoms with van der Waals surface area (Å²) in [6.07, 6.45) is 6.59. The summed E-state index contributed by atoms with van der Waals surface area (Å²) in [6.45, 7) is 5.93. The fraction of sp³-hybridized carbons (Fsp3) is 0.368. The van der Waals surface area contributed by atoms with Crippen LogP contribution >= 0.6 is 0 Å². The minimum Gasteiger partial charge on any atom is -0.348 e. The number of hydrogen-bond donors (Lipinski definition) is 1. The molecule has 0 saturated carbocycles. The van der Waals surface area contributed by atoms with E-state index in [1.165, 1.54) is 12.1 Å². The highest BCUT2D eigenvalue weighted by atomic mass is 19.1. The molecule has 0 radical (unpaired) electrons. The van der Waals surface area contributed by atoms with Crippen LogP contribution in [0.1, 0.15) is 28.2 Å². The molecule has 1 amide bonds. The van der Waals surface area contributed by atoms with E-state index in [4.69, 9.17) is 0 Å². The molecule has 3 rings (SSSR count). The summed E-state index contributed by atoms with van der Waals surface area (Å²) in [6, 6.07) is 6.46. The van der Waals surface area contributed by atoms with Crippen molar-refractivity contribution in [2.24, 2.45) is 0 Å². The van der Waals surface area contributed by atoms with E-state index in [2.05, 4.69) is 20.9 Å². The molecule has 0 bridgehead atoms. The Morgan fingerprint density at radius 1 is 1.24 bits per heavy atom. The van der Waals surface area contributed by atoms with Crippen molar-refractivity contribution in [3.63, 3.8) is 0 Å². The predicted molar refractivity (Wildman–Crippen MR) is 95.7 cm³/mol. The average molecular weight is 342 g/mol. The number of halogens is 1. The fourth-order valence-electron chi connectivity index (χ4n) is 2.99. The molecule has 1 aliphatic heterocycles. The highest BCUT2D eigenvalue weighted by Gasteiger charge is 2.22. The maximum atomic E-state index is 12.9. The van der Waals surface area contributed by atoms with Crippen LogP contribution < -0.4 is 0 Å². The Morgan fingerprint density at radius 3 is 2.76 bits per heavy atom. The highest BCUT2D eigenvalue weighted by molar-refractivity contribution is 5.93. The lowest BCUT2D eigenvalue weighted by Crippen LogP contribution is -2.35. The molecule has 0 atom stereocenters. The molecule has 2 aromatic rings. The van der Waals surface area contributed by atoms with E-state index in [9.17, 15) is 9.18 Å². The third-order valence-corrected chi connectivity index (χ3v) is 4.45. The van der Waals surface area contributed by atoms with E-state index < -0.39 is 0 Å². The van der Waals surface area contributed by atoms with Crippen LogP contribution in [0, 0.1) is 12.7 Å². The Hall–Kier alpha value is -2.47. The molecule has 1 fully saturated rings. The summed E-state index contributed by atoms with van der Waals surface area (Å²) in [5.41, 5.74) is 2.32. The number of carbonyl (C=O) groups excluding carboxylic acids is 1. The van der Waals surface area contributed by atoms with Crippen molar-refractivity contribution in [1.29, 1.82) is 0 Å². The molecule has 0 spiro atoms. The van der Waals surface area contributed by atoms with Crippen LogP contribution in [0.4, 0.5) is 4.39 Å². The first-order chi connectivity index (χ1) is 12.1. The number of imidazole rings is 1. The molecular weight excluding hydrogens is 319 g/mol. The van der Waals surface area contributed by atoms with E-state index in [1.54, 1.807) is 18.5 Å². The van der Waals surface area contributed by atoms with Gasteiger partial charge in [0.15, 0.2) is 0 Å². The van der Waals surface area contributed by atoms with Gasteiger partial charge in [-0.3, -0.25) is 9.69 Å². The quantitative estimate of drug-likeness (QED) is 0.929. The van der Waals surface area contributed by atoms with Gasteiger partial charge in [0.2, 0.25) is 0 Å². The molecule has 6 heteroatoms. The normalized spacial score (nSPS) is 16.3. The maximum absolute atomic E-state index is 12.9. The molecule has 5 nitrogen and oxygen atoms in total. The summed E-state index contributed by atoms with van der Waals surface area (Å²) < 4.78 is 12.9. The standard InChI is InChI=1S/C19H23FN4O/c1-15-18(22-14-21-15)19(25)24-11-3-10-23(12-13-24)9-2-4-16-5-7-17(20)8-6-16/h2,4-8,14H,3,9-13H2,1H3,(H,21,22). The molecule has 25 heavy (non-hydrogen) atoms. The first-order valence-corrected chi connectivity index (χ1v) is 8.57. The third-order valence-electron chi connectivity index (χ3n) is 4.45. The smallest absolute Gasteiger partial charge is 0.274 e. The topological polar surface area (TPSA) is 52.2 Å². The number of hydrogen-bond acceptors (Lipinski definition) is 3. The van der Waals surface area contributed by atoms with Gasteiger partial charge < -0.3 is 9.88 Å². The second kappa shape index (κ2) is 8.07. The van der Waals surface area contributed by atoms with Gasteiger partial charge in [0.25, 0.3) is 5.91 Å². The molecule has 1 aromatic carbocycles. The van der Waals surface area contributed by atoms with Crippen molar-refractivity contribution in [3.8, 4) is 0 Å². The number of carbonyl (C=O) groups is 1. The number of rotatable bonds is 4. The highest BCUT2D eigenvalue weighted by Crippen LogP contribution is 2.10. The lowest BCUT2D eigenvalue weighted by Gasteiger charge is -2.20. The van der Waals surface area contributed by atoms with Gasteiger partial charge in [0.05, 0.1) is 6.33 Å². The van der Waals surface area contributed by atoms with Gasteiger partial charge in [0, 0.05) is 38.4 Å². The van der Waals surface area contributed by atoms with E-state index in [0.29, 0.717) is 12.2 Å². The fourth-order valence-corrected chi connectivity index (χ4v) is 2.99. The largest absolute Gasteiger partial charge is 0.348 e. The second-order valence-electron chi connectivity index (χ2n) is 6.28. The summed E-state index contributed by atoms with van der Waals surface area (Å²) in [7, 11) is 0. The van der Waals surface area contributed by atoms with Crippen LogP contribution in [0.2, 0.25) is 0 Å².